The topological polar surface area (TPSA) is 66.6 Å². The quantitative estimate of drug-likeness (QED) is 0.625. The fourth-order valence-corrected chi connectivity index (χ4v) is 1.57. The molecule has 1 rings (SSSR count). The van der Waals surface area contributed by atoms with Crippen molar-refractivity contribution >= 4 is 5.91 Å². The first kappa shape index (κ1) is 10.5. The molecular weight excluding hydrogens is 168 g/mol. The molecule has 1 aliphatic heterocycles. The predicted molar refractivity (Wildman–Crippen MR) is 50.0 cm³/mol. The molecule has 4 heteroatoms. The number of likely N-dealkylation sites (tertiary alicyclic amines) is 1. The number of β-amino-alcohol motifs (C(OH)–C–C–N with tert-alkyl or cyclic N) is 1. The largest absolute Gasteiger partial charge is 0.391 e. The van der Waals surface area contributed by atoms with Crippen LogP contribution in [0, 0.1) is 5.92 Å². The number of amides is 1. The van der Waals surface area contributed by atoms with Crippen LogP contribution in [0.25, 0.3) is 0 Å². The normalized spacial score (nSPS) is 25.3. The van der Waals surface area contributed by atoms with Crippen LogP contribution in [-0.2, 0) is 4.79 Å². The highest BCUT2D eigenvalue weighted by Gasteiger charge is 2.29. The lowest BCUT2D eigenvalue weighted by atomic mass is 10.1. The number of rotatable bonds is 4. The lowest BCUT2D eigenvalue weighted by molar-refractivity contribution is -0.128. The third-order valence-electron chi connectivity index (χ3n) is 2.53. The standard InChI is InChI=1S/C9H18N2O2/c1-2-8(12)6-11-5-7(4-10)3-9(11)13/h7-8,12H,2-6,10H2,1H3. The second-order valence-corrected chi connectivity index (χ2v) is 3.67. The number of nitrogens with two attached hydrogens (primary N) is 1. The van der Waals surface area contributed by atoms with Crippen molar-refractivity contribution in [1.29, 1.82) is 0 Å². The molecule has 2 unspecified atom stereocenters. The minimum Gasteiger partial charge on any atom is -0.391 e. The van der Waals surface area contributed by atoms with Crippen LogP contribution in [0.4, 0.5) is 0 Å². The van der Waals surface area contributed by atoms with Crippen molar-refractivity contribution in [2.24, 2.45) is 11.7 Å². The summed E-state index contributed by atoms with van der Waals surface area (Å²) >= 11 is 0. The van der Waals surface area contributed by atoms with Crippen molar-refractivity contribution in [2.45, 2.75) is 25.9 Å². The molecular formula is C9H18N2O2. The van der Waals surface area contributed by atoms with Crippen LogP contribution in [0.2, 0.25) is 0 Å². The minimum absolute atomic E-state index is 0.128. The molecule has 1 saturated heterocycles. The molecule has 2 atom stereocenters. The van der Waals surface area contributed by atoms with Crippen molar-refractivity contribution < 1.29 is 9.90 Å². The van der Waals surface area contributed by atoms with Gasteiger partial charge in [0.15, 0.2) is 0 Å². The Kier molecular flexibility index (Phi) is 3.69. The Bertz CT molecular complexity index is 184. The van der Waals surface area contributed by atoms with Crippen molar-refractivity contribution in [3.05, 3.63) is 0 Å². The smallest absolute Gasteiger partial charge is 0.223 e. The maximum atomic E-state index is 11.4. The van der Waals surface area contributed by atoms with E-state index in [2.05, 4.69) is 0 Å². The van der Waals surface area contributed by atoms with Gasteiger partial charge in [0, 0.05) is 19.5 Å². The lowest BCUT2D eigenvalue weighted by Crippen LogP contribution is -2.33. The van der Waals surface area contributed by atoms with Gasteiger partial charge in [-0.1, -0.05) is 6.92 Å². The van der Waals surface area contributed by atoms with E-state index in [9.17, 15) is 9.90 Å². The summed E-state index contributed by atoms with van der Waals surface area (Å²) in [7, 11) is 0. The highest BCUT2D eigenvalue weighted by atomic mass is 16.3. The number of aliphatic hydroxyl groups is 1. The zero-order valence-electron chi connectivity index (χ0n) is 8.07. The molecule has 0 aromatic carbocycles. The summed E-state index contributed by atoms with van der Waals surface area (Å²) in [6.07, 6.45) is 0.852. The second-order valence-electron chi connectivity index (χ2n) is 3.67. The molecule has 0 saturated carbocycles. The highest BCUT2D eigenvalue weighted by molar-refractivity contribution is 5.78. The Labute approximate surface area is 78.7 Å². The Morgan fingerprint density at radius 1 is 1.77 bits per heavy atom. The van der Waals surface area contributed by atoms with Crippen LogP contribution in [0.5, 0.6) is 0 Å². The Balaban J connectivity index is 2.39. The van der Waals surface area contributed by atoms with E-state index < -0.39 is 0 Å². The molecule has 3 N–H and O–H groups in total. The summed E-state index contributed by atoms with van der Waals surface area (Å²) < 4.78 is 0. The van der Waals surface area contributed by atoms with Gasteiger partial charge in [0.25, 0.3) is 0 Å². The number of hydrogen-bond donors (Lipinski definition) is 2. The number of carbonyl (C=O) groups is 1. The van der Waals surface area contributed by atoms with Crippen LogP contribution in [-0.4, -0.2) is 41.7 Å². The SMILES string of the molecule is CCC(O)CN1CC(CN)CC1=O. The van der Waals surface area contributed by atoms with Gasteiger partial charge in [-0.15, -0.1) is 0 Å². The molecule has 0 radical (unpaired) electrons. The zero-order valence-corrected chi connectivity index (χ0v) is 8.07. The first-order valence-corrected chi connectivity index (χ1v) is 4.83. The number of hydrogen-bond acceptors (Lipinski definition) is 3. The number of aliphatic hydroxyl groups excluding tert-OH is 1. The van der Waals surface area contributed by atoms with E-state index in [0.717, 1.165) is 0 Å². The average Bonchev–Trinajstić information content (AvgIpc) is 2.47. The minimum atomic E-state index is -0.388. The maximum absolute atomic E-state index is 11.4. The fraction of sp³-hybridized carbons (Fsp3) is 0.889. The molecule has 1 amide bonds. The van der Waals surface area contributed by atoms with Crippen molar-refractivity contribution in [3.8, 4) is 0 Å². The van der Waals surface area contributed by atoms with Crippen molar-refractivity contribution in [2.75, 3.05) is 19.6 Å². The summed E-state index contributed by atoms with van der Waals surface area (Å²) in [6, 6.07) is 0. The first-order chi connectivity index (χ1) is 6.17. The Hall–Kier alpha value is -0.610. The summed E-state index contributed by atoms with van der Waals surface area (Å²) in [6.45, 7) is 3.65. The first-order valence-electron chi connectivity index (χ1n) is 4.83. The highest BCUT2D eigenvalue weighted by Crippen LogP contribution is 2.16. The van der Waals surface area contributed by atoms with E-state index in [4.69, 9.17) is 5.73 Å². The fourth-order valence-electron chi connectivity index (χ4n) is 1.57. The van der Waals surface area contributed by atoms with Crippen LogP contribution in [0.3, 0.4) is 0 Å². The van der Waals surface area contributed by atoms with E-state index in [1.807, 2.05) is 6.92 Å². The summed E-state index contributed by atoms with van der Waals surface area (Å²) in [5, 5.41) is 9.37. The van der Waals surface area contributed by atoms with Gasteiger partial charge in [0.05, 0.1) is 6.10 Å². The molecule has 0 bridgehead atoms. The van der Waals surface area contributed by atoms with Gasteiger partial charge in [0.2, 0.25) is 5.91 Å². The number of nitrogens with zero attached hydrogens (tertiary/aromatic N) is 1. The van der Waals surface area contributed by atoms with Crippen LogP contribution in [0.15, 0.2) is 0 Å². The van der Waals surface area contributed by atoms with Crippen LogP contribution < -0.4 is 5.73 Å². The molecule has 0 spiro atoms. The molecule has 1 heterocycles. The summed E-state index contributed by atoms with van der Waals surface area (Å²) in [4.78, 5) is 13.1. The monoisotopic (exact) mass is 186 g/mol. The van der Waals surface area contributed by atoms with Gasteiger partial charge in [-0.05, 0) is 18.9 Å². The van der Waals surface area contributed by atoms with Crippen molar-refractivity contribution in [3.63, 3.8) is 0 Å². The predicted octanol–water partition coefficient (Wildman–Crippen LogP) is -0.435. The van der Waals surface area contributed by atoms with E-state index in [1.165, 1.54) is 0 Å². The third kappa shape index (κ3) is 2.67. The van der Waals surface area contributed by atoms with E-state index in [-0.39, 0.29) is 17.9 Å². The van der Waals surface area contributed by atoms with Crippen LogP contribution in [0.1, 0.15) is 19.8 Å². The lowest BCUT2D eigenvalue weighted by Gasteiger charge is -2.19. The molecule has 1 fully saturated rings. The Morgan fingerprint density at radius 2 is 2.46 bits per heavy atom. The molecule has 76 valence electrons. The second kappa shape index (κ2) is 4.58. The van der Waals surface area contributed by atoms with E-state index in [0.29, 0.717) is 32.5 Å². The van der Waals surface area contributed by atoms with Gasteiger partial charge in [-0.25, -0.2) is 0 Å². The molecule has 13 heavy (non-hydrogen) atoms. The summed E-state index contributed by atoms with van der Waals surface area (Å²) in [5.74, 6) is 0.416. The van der Waals surface area contributed by atoms with E-state index >= 15 is 0 Å². The van der Waals surface area contributed by atoms with Gasteiger partial charge >= 0.3 is 0 Å². The Morgan fingerprint density at radius 3 is 2.92 bits per heavy atom. The average molecular weight is 186 g/mol. The van der Waals surface area contributed by atoms with Crippen LogP contribution >= 0.6 is 0 Å². The molecule has 1 aliphatic rings. The van der Waals surface area contributed by atoms with Crippen molar-refractivity contribution in [1.82, 2.24) is 4.90 Å². The third-order valence-corrected chi connectivity index (χ3v) is 2.53. The van der Waals surface area contributed by atoms with Gasteiger partial charge in [-0.3, -0.25) is 4.79 Å². The van der Waals surface area contributed by atoms with Gasteiger partial charge < -0.3 is 15.7 Å². The maximum Gasteiger partial charge on any atom is 0.223 e. The van der Waals surface area contributed by atoms with Gasteiger partial charge in [0.1, 0.15) is 0 Å². The summed E-state index contributed by atoms with van der Waals surface area (Å²) in [5.41, 5.74) is 5.48. The molecule has 0 aromatic rings. The van der Waals surface area contributed by atoms with E-state index in [1.54, 1.807) is 4.90 Å². The molecule has 4 nitrogen and oxygen atoms in total. The zero-order chi connectivity index (χ0) is 9.84. The number of carbonyl (C=O) groups excluding carboxylic acids is 1. The van der Waals surface area contributed by atoms with Gasteiger partial charge in [-0.2, -0.15) is 0 Å². The molecule has 0 aliphatic carbocycles. The molecule has 0 aromatic heterocycles.